The van der Waals surface area contributed by atoms with Crippen molar-refractivity contribution in [3.05, 3.63) is 28.7 Å². The van der Waals surface area contributed by atoms with Crippen LogP contribution in [0.1, 0.15) is 23.2 Å². The predicted octanol–water partition coefficient (Wildman–Crippen LogP) is 3.06. The number of fused-ring (bicyclic) bond motifs is 1. The van der Waals surface area contributed by atoms with Crippen molar-refractivity contribution in [2.75, 3.05) is 26.8 Å². The Hall–Kier alpha value is -2.13. The highest BCUT2D eigenvalue weighted by Gasteiger charge is 2.50. The van der Waals surface area contributed by atoms with Crippen molar-refractivity contribution in [1.29, 1.82) is 0 Å². The Morgan fingerprint density at radius 3 is 2.70 bits per heavy atom. The predicted molar refractivity (Wildman–Crippen MR) is 91.5 cm³/mol. The zero-order valence-corrected chi connectivity index (χ0v) is 15.2. The summed E-state index contributed by atoms with van der Waals surface area (Å²) >= 11 is 5.74. The monoisotopic (exact) mass is 403 g/mol. The van der Waals surface area contributed by atoms with E-state index >= 15 is 0 Å². The van der Waals surface area contributed by atoms with Crippen molar-refractivity contribution in [1.82, 2.24) is 15.1 Å². The average molecular weight is 404 g/mol. The van der Waals surface area contributed by atoms with Crippen molar-refractivity contribution in [3.63, 3.8) is 0 Å². The molecule has 1 aromatic heterocycles. The van der Waals surface area contributed by atoms with Gasteiger partial charge in [0.1, 0.15) is 6.61 Å². The van der Waals surface area contributed by atoms with Crippen molar-refractivity contribution < 1.29 is 27.5 Å². The molecule has 27 heavy (non-hydrogen) atoms. The quantitative estimate of drug-likeness (QED) is 0.778. The highest BCUT2D eigenvalue weighted by molar-refractivity contribution is 6.32. The summed E-state index contributed by atoms with van der Waals surface area (Å²) in [7, 11) is 1.37. The van der Waals surface area contributed by atoms with E-state index in [9.17, 15) is 22.8 Å². The van der Waals surface area contributed by atoms with E-state index in [0.29, 0.717) is 0 Å². The van der Waals surface area contributed by atoms with Crippen LogP contribution in [0.25, 0.3) is 10.9 Å². The summed E-state index contributed by atoms with van der Waals surface area (Å²) in [6.07, 6.45) is 1.11. The molecule has 1 fully saturated rings. The second-order valence-electron chi connectivity index (χ2n) is 6.42. The van der Waals surface area contributed by atoms with Crippen molar-refractivity contribution in [2.45, 2.75) is 18.8 Å². The summed E-state index contributed by atoms with van der Waals surface area (Å²) in [6.45, 7) is 0.0198. The van der Waals surface area contributed by atoms with Crippen LogP contribution in [0.3, 0.4) is 0 Å². The number of carbonyl (C=O) groups excluding carboxylic acids is 2. The summed E-state index contributed by atoms with van der Waals surface area (Å²) in [5.74, 6) is -8.26. The maximum Gasteiger partial charge on any atom is 0.312 e. The first-order chi connectivity index (χ1) is 12.8. The van der Waals surface area contributed by atoms with E-state index in [2.05, 4.69) is 10.2 Å². The van der Waals surface area contributed by atoms with Gasteiger partial charge in [-0.1, -0.05) is 11.6 Å². The fourth-order valence-corrected chi connectivity index (χ4v) is 3.52. The number of piperidine rings is 1. The largest absolute Gasteiger partial charge is 0.375 e. The van der Waals surface area contributed by atoms with Gasteiger partial charge in [-0.05, 0) is 18.9 Å². The number of halogens is 4. The second kappa shape index (κ2) is 7.47. The number of nitrogens with one attached hydrogen (secondary N) is 1. The van der Waals surface area contributed by atoms with E-state index in [4.69, 9.17) is 16.3 Å². The zero-order chi connectivity index (χ0) is 19.8. The van der Waals surface area contributed by atoms with Gasteiger partial charge < -0.3 is 9.64 Å². The molecule has 1 amide bonds. The van der Waals surface area contributed by atoms with Crippen molar-refractivity contribution in [2.24, 2.45) is 5.92 Å². The fourth-order valence-electron chi connectivity index (χ4n) is 3.31. The van der Waals surface area contributed by atoms with Gasteiger partial charge in [-0.2, -0.15) is 13.9 Å². The Labute approximate surface area is 157 Å². The molecular formula is C17H17ClF3N3O3. The molecule has 1 aromatic carbocycles. The van der Waals surface area contributed by atoms with E-state index in [0.717, 1.165) is 0 Å². The average Bonchev–Trinajstić information content (AvgIpc) is 3.10. The van der Waals surface area contributed by atoms with Crippen LogP contribution in [-0.2, 0) is 9.53 Å². The number of rotatable bonds is 5. The Bertz CT molecular complexity index is 879. The van der Waals surface area contributed by atoms with Gasteiger partial charge in [0.2, 0.25) is 11.7 Å². The van der Waals surface area contributed by atoms with Gasteiger partial charge in [-0.3, -0.25) is 14.7 Å². The lowest BCUT2D eigenvalue weighted by molar-refractivity contribution is -0.138. The summed E-state index contributed by atoms with van der Waals surface area (Å²) in [4.78, 5) is 25.8. The number of ether oxygens (including phenoxy) is 1. The number of likely N-dealkylation sites (tertiary alicyclic amines) is 1. The number of aromatic amines is 1. The minimum atomic E-state index is -3.81. The van der Waals surface area contributed by atoms with Gasteiger partial charge in [-0.15, -0.1) is 0 Å². The zero-order valence-electron chi connectivity index (χ0n) is 14.4. The Balaban J connectivity index is 1.84. The lowest BCUT2D eigenvalue weighted by Gasteiger charge is -2.35. The third-order valence-electron chi connectivity index (χ3n) is 4.79. The van der Waals surface area contributed by atoms with Gasteiger partial charge in [0.25, 0.3) is 0 Å². The lowest BCUT2D eigenvalue weighted by atomic mass is 9.85. The van der Waals surface area contributed by atoms with Crippen LogP contribution in [0, 0.1) is 11.7 Å². The topological polar surface area (TPSA) is 75.3 Å². The van der Waals surface area contributed by atoms with Gasteiger partial charge >= 0.3 is 5.92 Å². The SMILES string of the molecule is COCC(=O)N1CCC(C(F)(F)C(=O)c2c(F)c(Cl)cc3cn[nH]c23)CC1. The Morgan fingerprint density at radius 1 is 1.41 bits per heavy atom. The third-order valence-corrected chi connectivity index (χ3v) is 5.06. The maximum absolute atomic E-state index is 14.9. The molecule has 1 N–H and O–H groups in total. The molecule has 1 aliphatic rings. The molecule has 146 valence electrons. The number of H-pyrrole nitrogens is 1. The van der Waals surface area contributed by atoms with Crippen LogP contribution in [0.15, 0.2) is 12.3 Å². The molecule has 3 rings (SSSR count). The number of ketones is 1. The molecule has 0 bridgehead atoms. The summed E-state index contributed by atoms with van der Waals surface area (Å²) in [6, 6.07) is 1.21. The maximum atomic E-state index is 14.9. The molecule has 0 aliphatic carbocycles. The Kier molecular flexibility index (Phi) is 5.43. The molecule has 1 aliphatic heterocycles. The van der Waals surface area contributed by atoms with E-state index in [1.54, 1.807) is 0 Å². The van der Waals surface area contributed by atoms with Crippen LogP contribution in [0.4, 0.5) is 13.2 Å². The first-order valence-corrected chi connectivity index (χ1v) is 8.65. The van der Waals surface area contributed by atoms with Crippen LogP contribution < -0.4 is 0 Å². The minimum absolute atomic E-state index is 0.0766. The van der Waals surface area contributed by atoms with Crippen LogP contribution >= 0.6 is 11.6 Å². The summed E-state index contributed by atoms with van der Waals surface area (Å²) < 4.78 is 48.9. The van der Waals surface area contributed by atoms with Gasteiger partial charge in [-0.25, -0.2) is 4.39 Å². The van der Waals surface area contributed by atoms with E-state index < -0.39 is 34.0 Å². The second-order valence-corrected chi connectivity index (χ2v) is 6.83. The van der Waals surface area contributed by atoms with Crippen LogP contribution in [0.2, 0.25) is 5.02 Å². The van der Waals surface area contributed by atoms with E-state index in [-0.39, 0.29) is 49.3 Å². The number of alkyl halides is 2. The molecule has 2 aromatic rings. The van der Waals surface area contributed by atoms with Gasteiger partial charge in [0.15, 0.2) is 5.82 Å². The minimum Gasteiger partial charge on any atom is -0.375 e. The van der Waals surface area contributed by atoms with Gasteiger partial charge in [0.05, 0.1) is 22.3 Å². The lowest BCUT2D eigenvalue weighted by Crippen LogP contribution is -2.47. The number of Topliss-reactive ketones (excluding diaryl/α,β-unsaturated/α-hetero) is 1. The molecular weight excluding hydrogens is 387 g/mol. The number of hydrogen-bond donors (Lipinski definition) is 1. The standard InChI is InChI=1S/C17H17ClF3N3O3/c1-27-8-12(25)24-4-2-10(3-5-24)17(20,21)16(26)13-14(19)11(18)6-9-7-22-23-15(9)13/h6-7,10H,2-5,8H2,1H3,(H,22,23). The smallest absolute Gasteiger partial charge is 0.312 e. The summed E-state index contributed by atoms with van der Waals surface area (Å²) in [5, 5.41) is 5.88. The Morgan fingerprint density at radius 2 is 2.07 bits per heavy atom. The number of nitrogens with zero attached hydrogens (tertiary/aromatic N) is 2. The number of benzene rings is 1. The van der Waals surface area contributed by atoms with Crippen molar-refractivity contribution >= 4 is 34.2 Å². The number of hydrogen-bond acceptors (Lipinski definition) is 4. The van der Waals surface area contributed by atoms with E-state index in [1.165, 1.54) is 24.3 Å². The first kappa shape index (κ1) is 19.6. The third kappa shape index (κ3) is 3.53. The highest BCUT2D eigenvalue weighted by Crippen LogP contribution is 2.38. The molecule has 0 spiro atoms. The van der Waals surface area contributed by atoms with Gasteiger partial charge in [0, 0.05) is 31.5 Å². The highest BCUT2D eigenvalue weighted by atomic mass is 35.5. The number of methoxy groups -OCH3 is 1. The molecule has 10 heteroatoms. The molecule has 0 unspecified atom stereocenters. The fraction of sp³-hybridized carbons (Fsp3) is 0.471. The normalized spacial score (nSPS) is 16.1. The number of aromatic nitrogens is 2. The molecule has 0 atom stereocenters. The molecule has 1 saturated heterocycles. The molecule has 0 saturated carbocycles. The molecule has 0 radical (unpaired) electrons. The number of carbonyl (C=O) groups is 2. The molecule has 6 nitrogen and oxygen atoms in total. The van der Waals surface area contributed by atoms with Crippen LogP contribution in [-0.4, -0.2) is 59.5 Å². The number of amides is 1. The van der Waals surface area contributed by atoms with E-state index in [1.807, 2.05) is 0 Å². The van der Waals surface area contributed by atoms with Crippen LogP contribution in [0.5, 0.6) is 0 Å². The summed E-state index contributed by atoms with van der Waals surface area (Å²) in [5.41, 5.74) is -0.910. The first-order valence-electron chi connectivity index (χ1n) is 8.27. The molecule has 2 heterocycles. The van der Waals surface area contributed by atoms with Crippen molar-refractivity contribution in [3.8, 4) is 0 Å².